The van der Waals surface area contributed by atoms with E-state index in [1.54, 1.807) is 12.3 Å². The van der Waals surface area contributed by atoms with Crippen molar-refractivity contribution in [3.63, 3.8) is 0 Å². The van der Waals surface area contributed by atoms with Crippen LogP contribution in [0.15, 0.2) is 89.3 Å². The molecule has 5 rings (SSSR count). The summed E-state index contributed by atoms with van der Waals surface area (Å²) in [4.78, 5) is 54.3. The highest BCUT2D eigenvalue weighted by atomic mass is 32.2. The van der Waals surface area contributed by atoms with E-state index in [4.69, 9.17) is 9.47 Å². The summed E-state index contributed by atoms with van der Waals surface area (Å²) in [6.45, 7) is 1.80. The van der Waals surface area contributed by atoms with E-state index in [9.17, 15) is 19.2 Å². The number of fused-ring (bicyclic) bond motifs is 1. The van der Waals surface area contributed by atoms with Crippen molar-refractivity contribution in [3.8, 4) is 0 Å². The van der Waals surface area contributed by atoms with Gasteiger partial charge in [-0.05, 0) is 34.9 Å². The molecular weight excluding hydrogens is 550 g/mol. The molecule has 11 heteroatoms. The smallest absolute Gasteiger partial charge is 0.411 e. The number of rotatable bonds is 9. The number of benzene rings is 2. The molecule has 3 atom stereocenters. The van der Waals surface area contributed by atoms with Crippen molar-refractivity contribution < 1.29 is 28.7 Å². The molecule has 0 spiro atoms. The highest BCUT2D eigenvalue weighted by Crippen LogP contribution is 2.40. The molecule has 40 heavy (non-hydrogen) atoms. The minimum Gasteiger partial charge on any atom is -0.451 e. The van der Waals surface area contributed by atoms with Gasteiger partial charge in [0.05, 0.1) is 18.7 Å². The van der Waals surface area contributed by atoms with Crippen LogP contribution < -0.4 is 10.6 Å². The quantitative estimate of drug-likeness (QED) is 0.292. The molecule has 1 saturated heterocycles. The van der Waals surface area contributed by atoms with Gasteiger partial charge in [0, 0.05) is 4.88 Å². The van der Waals surface area contributed by atoms with E-state index in [-0.39, 0.29) is 24.6 Å². The summed E-state index contributed by atoms with van der Waals surface area (Å²) in [5.74, 6) is -1.44. The minimum atomic E-state index is -1.23. The standard InChI is InChI=1S/C29H27N3O6S2/c1-2-37-29(36)30-21-17-40-27-23(31-22(33)16-20-14-9-15-39-20)26(34)32(27)24(21)28(35)38-25(18-10-5-3-6-11-18)19-12-7-4-8-13-19/h3-15,17,23-25,27H,2,16H2,1H3,(H,30,36)(H,31,33)/t23?,24?,27-/m1/s1. The van der Waals surface area contributed by atoms with Gasteiger partial charge in [-0.15, -0.1) is 23.1 Å². The number of nitrogens with zero attached hydrogens (tertiary/aromatic N) is 1. The highest BCUT2D eigenvalue weighted by Gasteiger charge is 2.56. The fourth-order valence-electron chi connectivity index (χ4n) is 4.58. The Morgan fingerprint density at radius 2 is 1.65 bits per heavy atom. The van der Waals surface area contributed by atoms with Gasteiger partial charge in [-0.25, -0.2) is 9.59 Å². The molecule has 3 heterocycles. The number of alkyl carbamates (subject to hydrolysis) is 1. The lowest BCUT2D eigenvalue weighted by atomic mass is 9.99. The number of hydrogen-bond acceptors (Lipinski definition) is 8. The molecule has 0 saturated carbocycles. The van der Waals surface area contributed by atoms with Crippen molar-refractivity contribution in [1.29, 1.82) is 0 Å². The first-order chi connectivity index (χ1) is 19.5. The summed E-state index contributed by atoms with van der Waals surface area (Å²) in [5.41, 5.74) is 1.67. The summed E-state index contributed by atoms with van der Waals surface area (Å²) in [6.07, 6.45) is -1.34. The van der Waals surface area contributed by atoms with Crippen LogP contribution in [0, 0.1) is 0 Å². The minimum absolute atomic E-state index is 0.134. The van der Waals surface area contributed by atoms with E-state index in [2.05, 4.69) is 10.6 Å². The molecule has 3 amide bonds. The van der Waals surface area contributed by atoms with Gasteiger partial charge in [0.2, 0.25) is 11.8 Å². The third-order valence-corrected chi connectivity index (χ3v) is 8.45. The van der Waals surface area contributed by atoms with Gasteiger partial charge in [0.25, 0.3) is 0 Å². The summed E-state index contributed by atoms with van der Waals surface area (Å²) < 4.78 is 11.1. The normalized spacial score (nSPS) is 19.6. The van der Waals surface area contributed by atoms with Crippen LogP contribution in [0.2, 0.25) is 0 Å². The van der Waals surface area contributed by atoms with Crippen LogP contribution in [0.5, 0.6) is 0 Å². The zero-order valence-electron chi connectivity index (χ0n) is 21.5. The maximum atomic E-state index is 13.8. The lowest BCUT2D eigenvalue weighted by Crippen LogP contribution is -2.74. The average Bonchev–Trinajstić information content (AvgIpc) is 3.48. The van der Waals surface area contributed by atoms with Gasteiger partial charge in [0.15, 0.2) is 12.1 Å². The van der Waals surface area contributed by atoms with E-state index >= 15 is 0 Å². The molecule has 0 radical (unpaired) electrons. The number of ether oxygens (including phenoxy) is 2. The predicted octanol–water partition coefficient (Wildman–Crippen LogP) is 3.98. The van der Waals surface area contributed by atoms with Gasteiger partial charge in [-0.2, -0.15) is 0 Å². The Hall–Kier alpha value is -4.09. The molecule has 2 aromatic carbocycles. The highest BCUT2D eigenvalue weighted by molar-refractivity contribution is 8.02. The molecule has 3 aromatic rings. The third kappa shape index (κ3) is 5.90. The van der Waals surface area contributed by atoms with Crippen LogP contribution >= 0.6 is 23.1 Å². The fourth-order valence-corrected chi connectivity index (χ4v) is 6.45. The monoisotopic (exact) mass is 577 g/mol. The van der Waals surface area contributed by atoms with Gasteiger partial charge >= 0.3 is 12.1 Å². The first-order valence-corrected chi connectivity index (χ1v) is 14.5. The van der Waals surface area contributed by atoms with Crippen LogP contribution in [0.25, 0.3) is 0 Å². The van der Waals surface area contributed by atoms with Crippen LogP contribution in [-0.2, 0) is 30.3 Å². The first-order valence-electron chi connectivity index (χ1n) is 12.7. The molecule has 0 aliphatic carbocycles. The van der Waals surface area contributed by atoms with Crippen molar-refractivity contribution in [1.82, 2.24) is 15.5 Å². The van der Waals surface area contributed by atoms with E-state index in [0.29, 0.717) is 0 Å². The number of amides is 3. The lowest BCUT2D eigenvalue weighted by molar-refractivity contribution is -0.165. The topological polar surface area (TPSA) is 114 Å². The number of carbonyl (C=O) groups is 4. The second kappa shape index (κ2) is 12.4. The SMILES string of the molecule is CCOC(=O)NC1=CS[C@@H]2C(NC(=O)Cc3cccs3)C(=O)N2C1C(=O)OC(c1ccccc1)c1ccccc1. The zero-order valence-corrected chi connectivity index (χ0v) is 23.2. The Balaban J connectivity index is 1.39. The van der Waals surface area contributed by atoms with Crippen LogP contribution in [0.1, 0.15) is 29.0 Å². The Morgan fingerprint density at radius 1 is 0.975 bits per heavy atom. The summed E-state index contributed by atoms with van der Waals surface area (Å²) in [7, 11) is 0. The van der Waals surface area contributed by atoms with E-state index in [1.165, 1.54) is 28.0 Å². The maximum absolute atomic E-state index is 13.8. The average molecular weight is 578 g/mol. The molecule has 1 aromatic heterocycles. The predicted molar refractivity (Wildman–Crippen MR) is 151 cm³/mol. The zero-order chi connectivity index (χ0) is 28.1. The number of nitrogens with one attached hydrogen (secondary N) is 2. The van der Waals surface area contributed by atoms with E-state index in [0.717, 1.165) is 16.0 Å². The molecule has 1 fully saturated rings. The van der Waals surface area contributed by atoms with E-state index < -0.39 is 41.5 Å². The number of carbonyl (C=O) groups excluding carboxylic acids is 4. The molecule has 2 aliphatic heterocycles. The Bertz CT molecular complexity index is 1360. The lowest BCUT2D eigenvalue weighted by Gasteiger charge is -2.51. The maximum Gasteiger partial charge on any atom is 0.411 e. The van der Waals surface area contributed by atoms with Crippen LogP contribution in [0.3, 0.4) is 0 Å². The van der Waals surface area contributed by atoms with Crippen LogP contribution in [-0.4, -0.2) is 52.8 Å². The van der Waals surface area contributed by atoms with Crippen LogP contribution in [0.4, 0.5) is 4.79 Å². The van der Waals surface area contributed by atoms with Gasteiger partial charge < -0.3 is 19.7 Å². The Labute approximate surface area is 239 Å². The number of esters is 1. The van der Waals surface area contributed by atoms with Crippen molar-refractivity contribution in [2.45, 2.75) is 36.9 Å². The number of β-lactam (4-membered cyclic amide) rings is 1. The molecule has 9 nitrogen and oxygen atoms in total. The molecule has 0 bridgehead atoms. The largest absolute Gasteiger partial charge is 0.451 e. The molecule has 2 unspecified atom stereocenters. The Morgan fingerprint density at radius 3 is 2.25 bits per heavy atom. The van der Waals surface area contributed by atoms with Crippen molar-refractivity contribution >= 4 is 47.0 Å². The summed E-state index contributed by atoms with van der Waals surface area (Å²) >= 11 is 2.69. The molecule has 2 N–H and O–H groups in total. The second-order valence-corrected chi connectivity index (χ2v) is 11.1. The number of hydrogen-bond donors (Lipinski definition) is 2. The summed E-state index contributed by atoms with van der Waals surface area (Å²) in [6, 6.07) is 20.2. The Kier molecular flexibility index (Phi) is 8.51. The van der Waals surface area contributed by atoms with Crippen molar-refractivity contribution in [2.75, 3.05) is 6.61 Å². The molecular formula is C29H27N3O6S2. The number of thioether (sulfide) groups is 1. The van der Waals surface area contributed by atoms with Crippen molar-refractivity contribution in [3.05, 3.63) is 105 Å². The van der Waals surface area contributed by atoms with Gasteiger partial charge in [-0.3, -0.25) is 14.9 Å². The third-order valence-electron chi connectivity index (χ3n) is 6.40. The number of thiophene rings is 1. The van der Waals surface area contributed by atoms with Crippen molar-refractivity contribution in [2.24, 2.45) is 0 Å². The molecule has 2 aliphatic rings. The van der Waals surface area contributed by atoms with Gasteiger partial charge in [0.1, 0.15) is 11.4 Å². The second-order valence-electron chi connectivity index (χ2n) is 9.03. The first kappa shape index (κ1) is 27.5. The van der Waals surface area contributed by atoms with Gasteiger partial charge in [-0.1, -0.05) is 66.7 Å². The molecule has 206 valence electrons. The fraction of sp³-hybridized carbons (Fsp3) is 0.241. The summed E-state index contributed by atoms with van der Waals surface area (Å²) in [5, 5.41) is 8.33. The van der Waals surface area contributed by atoms with E-state index in [1.807, 2.05) is 78.2 Å².